The van der Waals surface area contributed by atoms with Crippen molar-refractivity contribution in [1.82, 2.24) is 15.4 Å². The number of Topliss-reactive ketones (excluding diaryl/α,β-unsaturated/α-hetero) is 1. The van der Waals surface area contributed by atoms with Gasteiger partial charge in [-0.1, -0.05) is 0 Å². The van der Waals surface area contributed by atoms with Gasteiger partial charge in [-0.15, -0.1) is 0 Å². The number of H-pyrrole nitrogens is 1. The predicted octanol–water partition coefficient (Wildman–Crippen LogP) is 0.357. The fourth-order valence-electron chi connectivity index (χ4n) is 0.810. The van der Waals surface area contributed by atoms with E-state index in [4.69, 9.17) is 0 Å². The summed E-state index contributed by atoms with van der Waals surface area (Å²) in [4.78, 5) is 21.1. The van der Waals surface area contributed by atoms with Gasteiger partial charge in [-0.25, -0.2) is 0 Å². The Hall–Kier alpha value is -1.52. The molecule has 1 N–H and O–H groups in total. The van der Waals surface area contributed by atoms with Gasteiger partial charge >= 0.3 is 0 Å². The first-order valence-corrected chi connectivity index (χ1v) is 3.67. The molecule has 64 valence electrons. The molecule has 0 saturated carbocycles. The van der Waals surface area contributed by atoms with Crippen LogP contribution >= 0.6 is 0 Å². The summed E-state index contributed by atoms with van der Waals surface area (Å²) in [7, 11) is 0. The van der Waals surface area contributed by atoms with Crippen LogP contribution in [0.5, 0.6) is 0 Å². The summed E-state index contributed by atoms with van der Waals surface area (Å²) in [6.07, 6.45) is 3.53. The highest BCUT2D eigenvalue weighted by Gasteiger charge is 2.07. The second-order valence-corrected chi connectivity index (χ2v) is 2.34. The van der Waals surface area contributed by atoms with E-state index in [0.717, 1.165) is 6.29 Å². The quantitative estimate of drug-likeness (QED) is 0.390. The van der Waals surface area contributed by atoms with Crippen LogP contribution in [-0.2, 0) is 4.79 Å². The molecule has 1 heterocycles. The number of aromatic amines is 1. The summed E-state index contributed by atoms with van der Waals surface area (Å²) in [6.45, 7) is 0. The minimum atomic E-state index is -0.0781. The van der Waals surface area contributed by atoms with Gasteiger partial charge < -0.3 is 4.79 Å². The van der Waals surface area contributed by atoms with Crippen LogP contribution < -0.4 is 0 Å². The van der Waals surface area contributed by atoms with Crippen molar-refractivity contribution in [3.63, 3.8) is 0 Å². The Balaban J connectivity index is 2.34. The molecule has 0 saturated heterocycles. The molecule has 0 aliphatic carbocycles. The van der Waals surface area contributed by atoms with Crippen molar-refractivity contribution in [2.75, 3.05) is 0 Å². The Bertz CT molecular complexity index is 256. The first-order chi connectivity index (χ1) is 5.84. The summed E-state index contributed by atoms with van der Waals surface area (Å²) < 4.78 is 0. The maximum atomic E-state index is 11.1. The maximum Gasteiger partial charge on any atom is 0.184 e. The molecule has 0 aromatic carbocycles. The lowest BCUT2D eigenvalue weighted by molar-refractivity contribution is -0.107. The van der Waals surface area contributed by atoms with Crippen LogP contribution in [0.1, 0.15) is 29.8 Å². The van der Waals surface area contributed by atoms with Crippen molar-refractivity contribution in [2.45, 2.75) is 19.3 Å². The molecule has 0 amide bonds. The normalized spacial score (nSPS) is 9.67. The van der Waals surface area contributed by atoms with Crippen molar-refractivity contribution in [3.8, 4) is 0 Å². The molecule has 12 heavy (non-hydrogen) atoms. The molecule has 0 bridgehead atoms. The highest BCUT2D eigenvalue weighted by molar-refractivity contribution is 5.93. The number of rotatable bonds is 5. The van der Waals surface area contributed by atoms with Crippen LogP contribution in [0.3, 0.4) is 0 Å². The minimum Gasteiger partial charge on any atom is -0.303 e. The Kier molecular flexibility index (Phi) is 3.13. The number of ketones is 1. The van der Waals surface area contributed by atoms with Crippen LogP contribution in [0.25, 0.3) is 0 Å². The van der Waals surface area contributed by atoms with E-state index in [1.807, 2.05) is 0 Å². The summed E-state index contributed by atoms with van der Waals surface area (Å²) in [5.74, 6) is -0.0781. The van der Waals surface area contributed by atoms with Gasteiger partial charge in [0.25, 0.3) is 0 Å². The third-order valence-corrected chi connectivity index (χ3v) is 1.43. The van der Waals surface area contributed by atoms with Crippen molar-refractivity contribution in [3.05, 3.63) is 11.9 Å². The highest BCUT2D eigenvalue weighted by Crippen LogP contribution is 2.00. The van der Waals surface area contributed by atoms with E-state index in [-0.39, 0.29) is 5.78 Å². The van der Waals surface area contributed by atoms with Gasteiger partial charge in [-0.05, 0) is 6.42 Å². The van der Waals surface area contributed by atoms with Crippen molar-refractivity contribution in [2.24, 2.45) is 0 Å². The number of aromatic nitrogens is 3. The molecule has 1 aromatic rings. The Morgan fingerprint density at radius 2 is 2.50 bits per heavy atom. The number of aldehydes is 1. The number of hydrogen-bond acceptors (Lipinski definition) is 4. The monoisotopic (exact) mass is 167 g/mol. The zero-order valence-corrected chi connectivity index (χ0v) is 6.49. The zero-order chi connectivity index (χ0) is 8.81. The minimum absolute atomic E-state index is 0.0781. The largest absolute Gasteiger partial charge is 0.303 e. The van der Waals surface area contributed by atoms with Gasteiger partial charge in [0.15, 0.2) is 5.78 Å². The number of carbonyl (C=O) groups is 2. The van der Waals surface area contributed by atoms with E-state index in [9.17, 15) is 9.59 Å². The maximum absolute atomic E-state index is 11.1. The number of carbonyl (C=O) groups excluding carboxylic acids is 2. The third-order valence-electron chi connectivity index (χ3n) is 1.43. The molecule has 1 aromatic heterocycles. The lowest BCUT2D eigenvalue weighted by Crippen LogP contribution is -1.99. The van der Waals surface area contributed by atoms with Gasteiger partial charge in [0, 0.05) is 12.8 Å². The van der Waals surface area contributed by atoms with Crippen LogP contribution in [0.4, 0.5) is 0 Å². The molecule has 0 aliphatic rings. The standard InChI is InChI=1S/C7H9N3O2/c11-4-2-1-3-7(12)6-5-8-10-9-6/h4-5H,1-3H2,(H,8,9,10). The molecule has 0 aliphatic heterocycles. The third kappa shape index (κ3) is 2.26. The van der Waals surface area contributed by atoms with Gasteiger partial charge in [-0.3, -0.25) is 4.79 Å². The zero-order valence-electron chi connectivity index (χ0n) is 6.49. The fourth-order valence-corrected chi connectivity index (χ4v) is 0.810. The topological polar surface area (TPSA) is 75.7 Å². The molecular formula is C7H9N3O2. The molecule has 5 heteroatoms. The Morgan fingerprint density at radius 3 is 3.08 bits per heavy atom. The van der Waals surface area contributed by atoms with Gasteiger partial charge in [0.1, 0.15) is 12.0 Å². The number of unbranched alkanes of at least 4 members (excludes halogenated alkanes) is 1. The molecule has 0 spiro atoms. The van der Waals surface area contributed by atoms with E-state index in [0.29, 0.717) is 25.0 Å². The van der Waals surface area contributed by atoms with Gasteiger partial charge in [-0.2, -0.15) is 15.4 Å². The Morgan fingerprint density at radius 1 is 1.67 bits per heavy atom. The van der Waals surface area contributed by atoms with Crippen LogP contribution in [0.15, 0.2) is 6.20 Å². The first kappa shape index (κ1) is 8.58. The van der Waals surface area contributed by atoms with E-state index < -0.39 is 0 Å². The van der Waals surface area contributed by atoms with E-state index in [1.54, 1.807) is 0 Å². The molecule has 1 rings (SSSR count). The number of nitrogens with one attached hydrogen (secondary N) is 1. The number of hydrogen-bond donors (Lipinski definition) is 1. The average Bonchev–Trinajstić information content (AvgIpc) is 2.56. The first-order valence-electron chi connectivity index (χ1n) is 3.67. The van der Waals surface area contributed by atoms with Crippen LogP contribution in [0.2, 0.25) is 0 Å². The molecule has 0 atom stereocenters. The van der Waals surface area contributed by atoms with Crippen molar-refractivity contribution < 1.29 is 9.59 Å². The number of nitrogens with zero attached hydrogens (tertiary/aromatic N) is 2. The average molecular weight is 167 g/mol. The lowest BCUT2D eigenvalue weighted by Gasteiger charge is -1.91. The summed E-state index contributed by atoms with van der Waals surface area (Å²) in [6, 6.07) is 0. The fraction of sp³-hybridized carbons (Fsp3) is 0.429. The summed E-state index contributed by atoms with van der Waals surface area (Å²) in [5, 5.41) is 9.48. The molecular weight excluding hydrogens is 158 g/mol. The van der Waals surface area contributed by atoms with E-state index >= 15 is 0 Å². The lowest BCUT2D eigenvalue weighted by atomic mass is 10.1. The smallest absolute Gasteiger partial charge is 0.184 e. The van der Waals surface area contributed by atoms with Crippen LogP contribution in [-0.4, -0.2) is 27.5 Å². The second-order valence-electron chi connectivity index (χ2n) is 2.34. The van der Waals surface area contributed by atoms with Crippen molar-refractivity contribution in [1.29, 1.82) is 0 Å². The summed E-state index contributed by atoms with van der Waals surface area (Å²) >= 11 is 0. The van der Waals surface area contributed by atoms with Crippen molar-refractivity contribution >= 4 is 12.1 Å². The van der Waals surface area contributed by atoms with E-state index in [2.05, 4.69) is 15.4 Å². The van der Waals surface area contributed by atoms with Gasteiger partial charge in [0.2, 0.25) is 0 Å². The summed E-state index contributed by atoms with van der Waals surface area (Å²) in [5.41, 5.74) is 0.334. The predicted molar refractivity (Wildman–Crippen MR) is 40.6 cm³/mol. The SMILES string of the molecule is O=CCCCC(=O)c1cn[nH]n1. The Labute approximate surface area is 69.2 Å². The molecule has 5 nitrogen and oxygen atoms in total. The molecule has 0 radical (unpaired) electrons. The van der Waals surface area contributed by atoms with Gasteiger partial charge in [0.05, 0.1) is 6.20 Å². The van der Waals surface area contributed by atoms with Crippen LogP contribution in [0, 0.1) is 0 Å². The highest BCUT2D eigenvalue weighted by atomic mass is 16.1. The molecule has 0 unspecified atom stereocenters. The van der Waals surface area contributed by atoms with E-state index in [1.165, 1.54) is 6.20 Å². The second kappa shape index (κ2) is 4.38. The molecule has 0 fully saturated rings.